The Morgan fingerprint density at radius 2 is 2.15 bits per heavy atom. The third-order valence-electron chi connectivity index (χ3n) is 4.78. The van der Waals surface area contributed by atoms with E-state index in [1.165, 1.54) is 0 Å². The highest BCUT2D eigenvalue weighted by molar-refractivity contribution is 5.97. The van der Waals surface area contributed by atoms with Gasteiger partial charge in [0, 0.05) is 19.2 Å². The van der Waals surface area contributed by atoms with Crippen molar-refractivity contribution in [3.05, 3.63) is 40.6 Å². The zero-order valence-corrected chi connectivity index (χ0v) is 15.7. The molecule has 0 aliphatic carbocycles. The molecule has 2 aliphatic rings. The number of benzene rings is 1. The molecular weight excluding hydrogens is 328 g/mol. The van der Waals surface area contributed by atoms with Crippen LogP contribution in [-0.2, 0) is 4.79 Å². The quantitative estimate of drug-likeness (QED) is 0.849. The molecule has 0 aromatic heterocycles. The number of nitrogens with one attached hydrogen (secondary N) is 1. The molecule has 1 aromatic carbocycles. The molecule has 3 rings (SSSR count). The first-order chi connectivity index (χ1) is 12.6. The maximum absolute atomic E-state index is 12.6. The van der Waals surface area contributed by atoms with Crippen molar-refractivity contribution in [1.82, 2.24) is 15.1 Å². The highest BCUT2D eigenvalue weighted by Crippen LogP contribution is 2.38. The molecule has 0 bridgehead atoms. The molecule has 2 aliphatic heterocycles. The summed E-state index contributed by atoms with van der Waals surface area (Å²) in [4.78, 5) is 17.0. The first-order valence-corrected chi connectivity index (χ1v) is 9.23. The molecule has 26 heavy (non-hydrogen) atoms. The van der Waals surface area contributed by atoms with Gasteiger partial charge in [-0.05, 0) is 43.2 Å². The van der Waals surface area contributed by atoms with Crippen molar-refractivity contribution < 1.29 is 9.53 Å². The average Bonchev–Trinajstić information content (AvgIpc) is 2.97. The molecule has 0 saturated heterocycles. The average molecular weight is 354 g/mol. The number of hydrogen-bond donors (Lipinski definition) is 1. The SMILES string of the molecule is CCCOc1ccc(C#N)cc1C1NC(=O)C2=C1CN(CCC)CN2C. The van der Waals surface area contributed by atoms with Crippen molar-refractivity contribution in [2.24, 2.45) is 0 Å². The Morgan fingerprint density at radius 1 is 1.35 bits per heavy atom. The Labute approximate surface area is 155 Å². The summed E-state index contributed by atoms with van der Waals surface area (Å²) in [5.41, 5.74) is 3.25. The van der Waals surface area contributed by atoms with Crippen LogP contribution >= 0.6 is 0 Å². The summed E-state index contributed by atoms with van der Waals surface area (Å²) < 4.78 is 5.90. The molecule has 1 unspecified atom stereocenters. The van der Waals surface area contributed by atoms with Crippen LogP contribution in [0.4, 0.5) is 0 Å². The Kier molecular flexibility index (Phi) is 5.48. The molecule has 1 aromatic rings. The number of carbonyl (C=O) groups excluding carboxylic acids is 1. The summed E-state index contributed by atoms with van der Waals surface area (Å²) in [6, 6.07) is 7.38. The number of hydrogen-bond acceptors (Lipinski definition) is 5. The van der Waals surface area contributed by atoms with Crippen LogP contribution in [0.5, 0.6) is 5.75 Å². The van der Waals surface area contributed by atoms with E-state index in [0.717, 1.165) is 55.2 Å². The van der Waals surface area contributed by atoms with Gasteiger partial charge in [0.15, 0.2) is 0 Å². The van der Waals surface area contributed by atoms with Crippen LogP contribution in [0, 0.1) is 11.3 Å². The number of rotatable bonds is 6. The molecule has 0 saturated carbocycles. The van der Waals surface area contributed by atoms with Gasteiger partial charge in [-0.2, -0.15) is 5.26 Å². The number of nitrogens with zero attached hydrogens (tertiary/aromatic N) is 3. The molecule has 1 atom stereocenters. The van der Waals surface area contributed by atoms with E-state index >= 15 is 0 Å². The van der Waals surface area contributed by atoms with Gasteiger partial charge in [0.2, 0.25) is 0 Å². The second-order valence-corrected chi connectivity index (χ2v) is 6.89. The lowest BCUT2D eigenvalue weighted by molar-refractivity contribution is -0.118. The number of carbonyl (C=O) groups is 1. The molecule has 0 radical (unpaired) electrons. The summed E-state index contributed by atoms with van der Waals surface area (Å²) in [6.45, 7) is 7.31. The third-order valence-corrected chi connectivity index (χ3v) is 4.78. The highest BCUT2D eigenvalue weighted by Gasteiger charge is 2.39. The van der Waals surface area contributed by atoms with Gasteiger partial charge >= 0.3 is 0 Å². The molecule has 138 valence electrons. The smallest absolute Gasteiger partial charge is 0.268 e. The van der Waals surface area contributed by atoms with Gasteiger partial charge in [0.1, 0.15) is 11.4 Å². The fraction of sp³-hybridized carbons (Fsp3) is 0.500. The van der Waals surface area contributed by atoms with Gasteiger partial charge in [-0.15, -0.1) is 0 Å². The standard InChI is InChI=1S/C20H26N4O2/c1-4-8-24-12-16-18(22-20(25)19(16)23(3)13-24)15-10-14(11-21)6-7-17(15)26-9-5-2/h6-7,10,18H,4-5,8-9,12-13H2,1-3H3,(H,22,25). The Bertz CT molecular complexity index is 766. The maximum atomic E-state index is 12.6. The molecule has 0 fully saturated rings. The maximum Gasteiger partial charge on any atom is 0.268 e. The van der Waals surface area contributed by atoms with E-state index < -0.39 is 0 Å². The van der Waals surface area contributed by atoms with Gasteiger partial charge in [-0.25, -0.2) is 0 Å². The van der Waals surface area contributed by atoms with Crippen molar-refractivity contribution >= 4 is 5.91 Å². The lowest BCUT2D eigenvalue weighted by Crippen LogP contribution is -2.43. The first-order valence-electron chi connectivity index (χ1n) is 9.23. The van der Waals surface area contributed by atoms with Gasteiger partial charge in [-0.1, -0.05) is 13.8 Å². The molecule has 1 amide bonds. The van der Waals surface area contributed by atoms with Crippen LogP contribution in [0.25, 0.3) is 0 Å². The van der Waals surface area contributed by atoms with E-state index in [1.54, 1.807) is 6.07 Å². The van der Waals surface area contributed by atoms with Crippen molar-refractivity contribution in [2.75, 3.05) is 33.4 Å². The van der Waals surface area contributed by atoms with Crippen molar-refractivity contribution in [3.63, 3.8) is 0 Å². The van der Waals surface area contributed by atoms with Crippen molar-refractivity contribution in [2.45, 2.75) is 32.7 Å². The van der Waals surface area contributed by atoms with Crippen LogP contribution < -0.4 is 10.1 Å². The summed E-state index contributed by atoms with van der Waals surface area (Å²) in [6.07, 6.45) is 1.97. The minimum absolute atomic E-state index is 0.0487. The van der Waals surface area contributed by atoms with E-state index in [0.29, 0.717) is 12.2 Å². The van der Waals surface area contributed by atoms with Crippen LogP contribution in [0.3, 0.4) is 0 Å². The predicted molar refractivity (Wildman–Crippen MR) is 99.3 cm³/mol. The second kappa shape index (κ2) is 7.79. The topological polar surface area (TPSA) is 68.6 Å². The highest BCUT2D eigenvalue weighted by atomic mass is 16.5. The van der Waals surface area contributed by atoms with Crippen molar-refractivity contribution in [3.8, 4) is 11.8 Å². The molecule has 6 nitrogen and oxygen atoms in total. The zero-order valence-electron chi connectivity index (χ0n) is 15.7. The Morgan fingerprint density at radius 3 is 2.85 bits per heavy atom. The minimum atomic E-state index is -0.250. The van der Waals surface area contributed by atoms with Crippen LogP contribution in [0.1, 0.15) is 43.9 Å². The van der Waals surface area contributed by atoms with E-state index in [2.05, 4.69) is 30.1 Å². The zero-order chi connectivity index (χ0) is 18.7. The lowest BCUT2D eigenvalue weighted by atomic mass is 9.96. The predicted octanol–water partition coefficient (Wildman–Crippen LogP) is 2.39. The minimum Gasteiger partial charge on any atom is -0.493 e. The second-order valence-electron chi connectivity index (χ2n) is 6.89. The molecule has 0 spiro atoms. The van der Waals surface area contributed by atoms with E-state index in [4.69, 9.17) is 4.74 Å². The Hall–Kier alpha value is -2.52. The number of amides is 1. The van der Waals surface area contributed by atoms with E-state index in [9.17, 15) is 10.1 Å². The molecule has 6 heteroatoms. The number of ether oxygens (including phenoxy) is 1. The van der Waals surface area contributed by atoms with Crippen LogP contribution in [-0.4, -0.2) is 49.1 Å². The van der Waals surface area contributed by atoms with Gasteiger partial charge in [-0.3, -0.25) is 9.69 Å². The van der Waals surface area contributed by atoms with Crippen molar-refractivity contribution in [1.29, 1.82) is 5.26 Å². The Balaban J connectivity index is 2.01. The molecular formula is C20H26N4O2. The number of nitriles is 1. The number of likely N-dealkylation sites (N-methyl/N-ethyl adjacent to an activating group) is 1. The monoisotopic (exact) mass is 354 g/mol. The fourth-order valence-electron chi connectivity index (χ4n) is 3.73. The summed E-state index contributed by atoms with van der Waals surface area (Å²) in [5, 5.41) is 12.4. The largest absolute Gasteiger partial charge is 0.493 e. The summed E-state index contributed by atoms with van der Waals surface area (Å²) in [5.74, 6) is 0.688. The lowest BCUT2D eigenvalue weighted by Gasteiger charge is -2.35. The van der Waals surface area contributed by atoms with Crippen LogP contribution in [0.2, 0.25) is 0 Å². The van der Waals surface area contributed by atoms with E-state index in [-0.39, 0.29) is 11.9 Å². The van der Waals surface area contributed by atoms with Gasteiger partial charge in [0.05, 0.1) is 31.0 Å². The van der Waals surface area contributed by atoms with E-state index in [1.807, 2.05) is 24.1 Å². The van der Waals surface area contributed by atoms with Gasteiger partial charge < -0.3 is 15.0 Å². The summed E-state index contributed by atoms with van der Waals surface area (Å²) >= 11 is 0. The normalized spacial score (nSPS) is 20.0. The molecule has 1 N–H and O–H groups in total. The molecule has 2 heterocycles. The van der Waals surface area contributed by atoms with Gasteiger partial charge in [0.25, 0.3) is 5.91 Å². The third kappa shape index (κ3) is 3.40. The first kappa shape index (κ1) is 18.3. The summed E-state index contributed by atoms with van der Waals surface area (Å²) in [7, 11) is 1.96. The fourth-order valence-corrected chi connectivity index (χ4v) is 3.73. The van der Waals surface area contributed by atoms with Crippen LogP contribution in [0.15, 0.2) is 29.5 Å².